The molecule has 0 spiro atoms. The molecule has 1 N–H and O–H groups in total. The third kappa shape index (κ3) is 5.43. The molecule has 0 aromatic heterocycles. The van der Waals surface area contributed by atoms with Crippen molar-refractivity contribution in [2.45, 2.75) is 6.61 Å². The summed E-state index contributed by atoms with van der Waals surface area (Å²) in [6.45, 7) is 0.240. The normalized spacial score (nSPS) is 11.2. The van der Waals surface area contributed by atoms with E-state index in [0.717, 1.165) is 16.3 Å². The van der Waals surface area contributed by atoms with Crippen molar-refractivity contribution in [1.29, 1.82) is 5.26 Å². The summed E-state index contributed by atoms with van der Waals surface area (Å²) >= 11 is 16.1. The van der Waals surface area contributed by atoms with Gasteiger partial charge in [0.15, 0.2) is 5.75 Å². The summed E-state index contributed by atoms with van der Waals surface area (Å²) in [6.07, 6.45) is 1.48. The van der Waals surface area contributed by atoms with Crippen LogP contribution in [0, 0.1) is 11.3 Å². The van der Waals surface area contributed by atoms with E-state index < -0.39 is 5.91 Å². The molecule has 0 aliphatic rings. The largest absolute Gasteiger partial charge is 0.486 e. The highest BCUT2D eigenvalue weighted by Crippen LogP contribution is 2.36. The molecule has 4 aromatic carbocycles. The molecule has 0 heterocycles. The smallest absolute Gasteiger partial charge is 0.266 e. The summed E-state index contributed by atoms with van der Waals surface area (Å²) in [5.74, 6) is -0.0670. The van der Waals surface area contributed by atoms with E-state index in [0.29, 0.717) is 31.5 Å². The monoisotopic (exact) mass is 550 g/mol. The van der Waals surface area contributed by atoms with E-state index in [1.54, 1.807) is 24.3 Å². The molecule has 4 nitrogen and oxygen atoms in total. The van der Waals surface area contributed by atoms with Gasteiger partial charge in [-0.15, -0.1) is 0 Å². The molecule has 0 saturated carbocycles. The number of ether oxygens (including phenoxy) is 1. The number of nitriles is 1. The number of benzene rings is 4. The number of fused-ring (bicyclic) bond motifs is 1. The molecule has 4 aromatic rings. The maximum absolute atomic E-state index is 12.8. The van der Waals surface area contributed by atoms with Gasteiger partial charge in [-0.2, -0.15) is 5.26 Å². The van der Waals surface area contributed by atoms with Gasteiger partial charge in [-0.3, -0.25) is 4.79 Å². The van der Waals surface area contributed by atoms with Gasteiger partial charge >= 0.3 is 0 Å². The third-order valence-electron chi connectivity index (χ3n) is 5.06. The molecule has 0 aliphatic heterocycles. The molecule has 0 atom stereocenters. The van der Waals surface area contributed by atoms with Gasteiger partial charge in [0.25, 0.3) is 5.91 Å². The van der Waals surface area contributed by atoms with Crippen LogP contribution >= 0.6 is 39.1 Å². The van der Waals surface area contributed by atoms with Gasteiger partial charge in [0.05, 0.1) is 9.50 Å². The second-order valence-electron chi connectivity index (χ2n) is 7.34. The standard InChI is InChI=1S/C27H17BrCl2N2O2/c28-22-13-17(14-24(30)26(22)34-16-19-7-2-4-10-23(19)29)12-20(15-31)27(33)32-25-11-5-8-18-6-1-3-9-21(18)25/h1-14H,16H2,(H,32,33)/b20-12+. The number of hydrogen-bond acceptors (Lipinski definition) is 3. The van der Waals surface area contributed by atoms with E-state index in [4.69, 9.17) is 27.9 Å². The third-order valence-corrected chi connectivity index (χ3v) is 6.30. The zero-order valence-electron chi connectivity index (χ0n) is 17.7. The van der Waals surface area contributed by atoms with Crippen molar-refractivity contribution < 1.29 is 9.53 Å². The minimum Gasteiger partial charge on any atom is -0.486 e. The highest BCUT2D eigenvalue weighted by Gasteiger charge is 2.14. The average Bonchev–Trinajstić information content (AvgIpc) is 2.83. The molecule has 1 amide bonds. The van der Waals surface area contributed by atoms with Gasteiger partial charge in [0.1, 0.15) is 18.2 Å². The zero-order chi connectivity index (χ0) is 24.1. The molecule has 0 saturated heterocycles. The molecule has 34 heavy (non-hydrogen) atoms. The average molecular weight is 552 g/mol. The van der Waals surface area contributed by atoms with E-state index in [2.05, 4.69) is 21.2 Å². The molecule has 0 aliphatic carbocycles. The first-order valence-electron chi connectivity index (χ1n) is 10.2. The quantitative estimate of drug-likeness (QED) is 0.195. The Balaban J connectivity index is 1.55. The first-order chi connectivity index (χ1) is 16.5. The van der Waals surface area contributed by atoms with Crippen LogP contribution in [0.1, 0.15) is 11.1 Å². The maximum atomic E-state index is 12.8. The number of carbonyl (C=O) groups excluding carboxylic acids is 1. The number of nitrogens with one attached hydrogen (secondary N) is 1. The fourth-order valence-electron chi connectivity index (χ4n) is 3.41. The topological polar surface area (TPSA) is 62.1 Å². The molecule has 0 unspecified atom stereocenters. The maximum Gasteiger partial charge on any atom is 0.266 e. The van der Waals surface area contributed by atoms with E-state index in [-0.39, 0.29) is 12.2 Å². The molecule has 0 fully saturated rings. The second-order valence-corrected chi connectivity index (χ2v) is 9.01. The molecule has 0 radical (unpaired) electrons. The van der Waals surface area contributed by atoms with Gasteiger partial charge in [0.2, 0.25) is 0 Å². The summed E-state index contributed by atoms with van der Waals surface area (Å²) in [6, 6.07) is 26.0. The second kappa shape index (κ2) is 10.8. The van der Waals surface area contributed by atoms with Crippen molar-refractivity contribution in [2.24, 2.45) is 0 Å². The molecular formula is C27H17BrCl2N2O2. The Morgan fingerprint density at radius 2 is 1.74 bits per heavy atom. The van der Waals surface area contributed by atoms with Crippen LogP contribution in [0.2, 0.25) is 10.0 Å². The van der Waals surface area contributed by atoms with Crippen molar-refractivity contribution in [2.75, 3.05) is 5.32 Å². The van der Waals surface area contributed by atoms with Crippen molar-refractivity contribution >= 4 is 67.6 Å². The highest BCUT2D eigenvalue weighted by molar-refractivity contribution is 9.10. The van der Waals surface area contributed by atoms with Crippen LogP contribution in [-0.2, 0) is 11.4 Å². The Morgan fingerprint density at radius 1 is 1.00 bits per heavy atom. The fraction of sp³-hybridized carbons (Fsp3) is 0.0370. The highest BCUT2D eigenvalue weighted by atomic mass is 79.9. The Labute approximate surface area is 215 Å². The number of rotatable bonds is 6. The predicted molar refractivity (Wildman–Crippen MR) is 141 cm³/mol. The van der Waals surface area contributed by atoms with Crippen molar-refractivity contribution in [3.8, 4) is 11.8 Å². The van der Waals surface area contributed by atoms with Gasteiger partial charge in [0, 0.05) is 21.7 Å². The number of anilines is 1. The minimum absolute atomic E-state index is 0.0550. The van der Waals surface area contributed by atoms with E-state index >= 15 is 0 Å². The predicted octanol–water partition coefficient (Wildman–Crippen LogP) is 8.03. The summed E-state index contributed by atoms with van der Waals surface area (Å²) in [5, 5.41) is 15.3. The summed E-state index contributed by atoms with van der Waals surface area (Å²) in [5.41, 5.74) is 1.98. The number of nitrogens with zero attached hydrogens (tertiary/aromatic N) is 1. The minimum atomic E-state index is -0.509. The SMILES string of the molecule is N#C/C(=C\c1cc(Cl)c(OCc2ccccc2Cl)c(Br)c1)C(=O)Nc1cccc2ccccc12. The molecule has 168 valence electrons. The Hall–Kier alpha value is -3.30. The van der Waals surface area contributed by atoms with Crippen LogP contribution in [0.15, 0.2) is 88.9 Å². The Bertz CT molecular complexity index is 1430. The lowest BCUT2D eigenvalue weighted by atomic mass is 10.1. The first-order valence-corrected chi connectivity index (χ1v) is 11.8. The van der Waals surface area contributed by atoms with E-state index in [1.165, 1.54) is 6.08 Å². The molecule has 7 heteroatoms. The Kier molecular flexibility index (Phi) is 7.54. The van der Waals surface area contributed by atoms with Gasteiger partial charge in [-0.1, -0.05) is 77.8 Å². The van der Waals surface area contributed by atoms with Crippen LogP contribution < -0.4 is 10.1 Å². The number of halogens is 3. The van der Waals surface area contributed by atoms with Crippen LogP contribution in [0.4, 0.5) is 5.69 Å². The number of hydrogen-bond donors (Lipinski definition) is 1. The molecular weight excluding hydrogens is 535 g/mol. The van der Waals surface area contributed by atoms with Crippen molar-refractivity contribution in [1.82, 2.24) is 0 Å². The van der Waals surface area contributed by atoms with Crippen LogP contribution in [-0.4, -0.2) is 5.91 Å². The van der Waals surface area contributed by atoms with Crippen LogP contribution in [0.5, 0.6) is 5.75 Å². The first kappa shape index (κ1) is 23.8. The lowest BCUT2D eigenvalue weighted by Gasteiger charge is -2.12. The summed E-state index contributed by atoms with van der Waals surface area (Å²) < 4.78 is 6.45. The molecule has 4 rings (SSSR count). The van der Waals surface area contributed by atoms with Crippen molar-refractivity contribution in [3.05, 3.63) is 110 Å². The molecule has 0 bridgehead atoms. The van der Waals surface area contributed by atoms with E-state index in [1.807, 2.05) is 60.7 Å². The lowest BCUT2D eigenvalue weighted by Crippen LogP contribution is -2.13. The Morgan fingerprint density at radius 3 is 2.50 bits per heavy atom. The summed E-state index contributed by atoms with van der Waals surface area (Å²) in [7, 11) is 0. The number of carbonyl (C=O) groups is 1. The van der Waals surface area contributed by atoms with Gasteiger partial charge in [-0.05, 0) is 57.2 Å². The number of amides is 1. The van der Waals surface area contributed by atoms with Gasteiger partial charge in [-0.25, -0.2) is 0 Å². The van der Waals surface area contributed by atoms with Crippen molar-refractivity contribution in [3.63, 3.8) is 0 Å². The van der Waals surface area contributed by atoms with Crippen LogP contribution in [0.25, 0.3) is 16.8 Å². The fourth-order valence-corrected chi connectivity index (χ4v) is 4.58. The lowest BCUT2D eigenvalue weighted by molar-refractivity contribution is -0.112. The van der Waals surface area contributed by atoms with Crippen LogP contribution in [0.3, 0.4) is 0 Å². The van der Waals surface area contributed by atoms with E-state index in [9.17, 15) is 10.1 Å². The summed E-state index contributed by atoms with van der Waals surface area (Å²) in [4.78, 5) is 12.8. The van der Waals surface area contributed by atoms with Gasteiger partial charge < -0.3 is 10.1 Å². The zero-order valence-corrected chi connectivity index (χ0v) is 20.8.